The van der Waals surface area contributed by atoms with E-state index in [0.29, 0.717) is 25.6 Å². The standard InChI is InChI=1S/C18H33NO5/c1-12(2)7-8-14-11-22-10-9-15(16(20)23-13(14)3)19-17(21)24-18(4,5)6/h12-15H,7-11H2,1-6H3,(H,19,21)/t13-,14+,15-/m0/s1. The lowest BCUT2D eigenvalue weighted by Gasteiger charge is -2.25. The highest BCUT2D eigenvalue weighted by molar-refractivity contribution is 5.81. The Hall–Kier alpha value is -1.30. The third-order valence-corrected chi connectivity index (χ3v) is 3.94. The summed E-state index contributed by atoms with van der Waals surface area (Å²) in [7, 11) is 0. The van der Waals surface area contributed by atoms with Crippen molar-refractivity contribution in [2.75, 3.05) is 13.2 Å². The van der Waals surface area contributed by atoms with E-state index in [9.17, 15) is 9.59 Å². The maximum absolute atomic E-state index is 12.4. The molecule has 0 aromatic rings. The zero-order valence-corrected chi connectivity index (χ0v) is 15.9. The lowest BCUT2D eigenvalue weighted by Crippen LogP contribution is -2.45. The van der Waals surface area contributed by atoms with Crippen molar-refractivity contribution in [3.05, 3.63) is 0 Å². The minimum atomic E-state index is -0.744. The molecule has 1 saturated heterocycles. The topological polar surface area (TPSA) is 73.9 Å². The number of nitrogens with one attached hydrogen (secondary N) is 1. The van der Waals surface area contributed by atoms with Crippen molar-refractivity contribution in [1.29, 1.82) is 0 Å². The van der Waals surface area contributed by atoms with Crippen LogP contribution in [0.25, 0.3) is 0 Å². The molecule has 1 N–H and O–H groups in total. The first-order valence-corrected chi connectivity index (χ1v) is 8.86. The van der Waals surface area contributed by atoms with Crippen molar-refractivity contribution in [3.63, 3.8) is 0 Å². The van der Waals surface area contributed by atoms with E-state index in [1.807, 2.05) is 6.92 Å². The number of carbonyl (C=O) groups is 2. The van der Waals surface area contributed by atoms with Gasteiger partial charge in [-0.15, -0.1) is 0 Å². The number of carbonyl (C=O) groups excluding carboxylic acids is 2. The smallest absolute Gasteiger partial charge is 0.408 e. The Kier molecular flexibility index (Phi) is 8.00. The second kappa shape index (κ2) is 9.25. The van der Waals surface area contributed by atoms with Crippen LogP contribution in [0, 0.1) is 11.8 Å². The minimum Gasteiger partial charge on any atom is -0.461 e. The Morgan fingerprint density at radius 2 is 2.04 bits per heavy atom. The SMILES string of the molecule is CC(C)CC[C@@H]1COCC[C@H](NC(=O)OC(C)(C)C)C(=O)O[C@H]1C. The number of ether oxygens (including phenoxy) is 3. The molecular formula is C18H33NO5. The van der Waals surface area contributed by atoms with Crippen molar-refractivity contribution < 1.29 is 23.8 Å². The molecule has 1 aliphatic heterocycles. The Bertz CT molecular complexity index is 416. The van der Waals surface area contributed by atoms with E-state index in [1.54, 1.807) is 20.8 Å². The van der Waals surface area contributed by atoms with Crippen molar-refractivity contribution >= 4 is 12.1 Å². The van der Waals surface area contributed by atoms with Gasteiger partial charge in [0.05, 0.1) is 6.61 Å². The number of esters is 1. The van der Waals surface area contributed by atoms with E-state index in [1.165, 1.54) is 0 Å². The molecule has 6 nitrogen and oxygen atoms in total. The van der Waals surface area contributed by atoms with Crippen molar-refractivity contribution in [2.45, 2.75) is 78.6 Å². The average Bonchev–Trinajstić information content (AvgIpc) is 2.47. The molecule has 0 saturated carbocycles. The minimum absolute atomic E-state index is 0.177. The molecule has 1 fully saturated rings. The van der Waals surface area contributed by atoms with Gasteiger partial charge in [0, 0.05) is 18.9 Å². The van der Waals surface area contributed by atoms with Crippen LogP contribution in [0.4, 0.5) is 4.79 Å². The number of hydrogen-bond acceptors (Lipinski definition) is 5. The van der Waals surface area contributed by atoms with Gasteiger partial charge in [0.25, 0.3) is 0 Å². The molecule has 1 aliphatic rings. The first-order valence-electron chi connectivity index (χ1n) is 8.86. The molecule has 0 aromatic heterocycles. The van der Waals surface area contributed by atoms with Gasteiger partial charge >= 0.3 is 12.1 Å². The summed E-state index contributed by atoms with van der Waals surface area (Å²) in [6, 6.07) is -0.744. The molecule has 6 heteroatoms. The van der Waals surface area contributed by atoms with Crippen LogP contribution in [-0.2, 0) is 19.0 Å². The molecule has 0 aromatic carbocycles. The molecule has 3 atom stereocenters. The summed E-state index contributed by atoms with van der Waals surface area (Å²) >= 11 is 0. The lowest BCUT2D eigenvalue weighted by atomic mass is 9.94. The van der Waals surface area contributed by atoms with E-state index in [4.69, 9.17) is 14.2 Å². The fraction of sp³-hybridized carbons (Fsp3) is 0.889. The lowest BCUT2D eigenvalue weighted by molar-refractivity contribution is -0.153. The summed E-state index contributed by atoms with van der Waals surface area (Å²) < 4.78 is 16.5. The van der Waals surface area contributed by atoms with Crippen molar-refractivity contribution in [2.24, 2.45) is 11.8 Å². The molecule has 0 bridgehead atoms. The second-order valence-electron chi connectivity index (χ2n) is 7.94. The summed E-state index contributed by atoms with van der Waals surface area (Å²) in [5.74, 6) is 0.354. The van der Waals surface area contributed by atoms with Crippen LogP contribution in [0.3, 0.4) is 0 Å². The number of alkyl carbamates (subject to hydrolysis) is 1. The van der Waals surface area contributed by atoms with E-state index >= 15 is 0 Å². The first kappa shape index (κ1) is 20.7. The third-order valence-electron chi connectivity index (χ3n) is 3.94. The summed E-state index contributed by atoms with van der Waals surface area (Å²) in [5, 5.41) is 2.59. The van der Waals surface area contributed by atoms with E-state index in [2.05, 4.69) is 19.2 Å². The monoisotopic (exact) mass is 343 g/mol. The Morgan fingerprint density at radius 3 is 2.62 bits per heavy atom. The van der Waals surface area contributed by atoms with Gasteiger partial charge in [-0.2, -0.15) is 0 Å². The van der Waals surface area contributed by atoms with Crippen LogP contribution in [0.15, 0.2) is 0 Å². The third kappa shape index (κ3) is 7.99. The van der Waals surface area contributed by atoms with Gasteiger partial charge < -0.3 is 19.5 Å². The predicted molar refractivity (Wildman–Crippen MR) is 91.7 cm³/mol. The first-order chi connectivity index (χ1) is 11.1. The molecule has 0 radical (unpaired) electrons. The normalized spacial score (nSPS) is 26.1. The van der Waals surface area contributed by atoms with Gasteiger partial charge in [-0.25, -0.2) is 9.59 Å². The van der Waals surface area contributed by atoms with E-state index in [0.717, 1.165) is 12.8 Å². The number of cyclic esters (lactones) is 1. The van der Waals surface area contributed by atoms with Gasteiger partial charge in [0.1, 0.15) is 17.7 Å². The van der Waals surface area contributed by atoms with E-state index < -0.39 is 23.7 Å². The molecule has 0 spiro atoms. The van der Waals surface area contributed by atoms with Crippen LogP contribution < -0.4 is 5.32 Å². The fourth-order valence-corrected chi connectivity index (χ4v) is 2.50. The molecule has 0 aliphatic carbocycles. The quantitative estimate of drug-likeness (QED) is 0.793. The molecule has 140 valence electrons. The molecule has 1 heterocycles. The summed E-state index contributed by atoms with van der Waals surface area (Å²) in [5.41, 5.74) is -0.613. The van der Waals surface area contributed by atoms with Gasteiger partial charge in [-0.3, -0.25) is 0 Å². The van der Waals surface area contributed by atoms with Crippen LogP contribution in [-0.4, -0.2) is 43.0 Å². The molecular weight excluding hydrogens is 310 g/mol. The summed E-state index contributed by atoms with van der Waals surface area (Å²) in [4.78, 5) is 24.3. The number of hydrogen-bond donors (Lipinski definition) is 1. The number of rotatable bonds is 4. The maximum Gasteiger partial charge on any atom is 0.408 e. The Morgan fingerprint density at radius 1 is 1.38 bits per heavy atom. The molecule has 0 unspecified atom stereocenters. The summed E-state index contributed by atoms with van der Waals surface area (Å²) in [6.07, 6.45) is 1.54. The largest absolute Gasteiger partial charge is 0.461 e. The molecule has 1 rings (SSSR count). The summed E-state index contributed by atoms with van der Waals surface area (Å²) in [6.45, 7) is 12.5. The Labute approximate surface area is 145 Å². The van der Waals surface area contributed by atoms with E-state index in [-0.39, 0.29) is 12.0 Å². The highest BCUT2D eigenvalue weighted by atomic mass is 16.6. The van der Waals surface area contributed by atoms with Crippen molar-refractivity contribution in [1.82, 2.24) is 5.32 Å². The average molecular weight is 343 g/mol. The van der Waals surface area contributed by atoms with Crippen LogP contribution in [0.1, 0.15) is 60.8 Å². The van der Waals surface area contributed by atoms with Crippen LogP contribution >= 0.6 is 0 Å². The number of amides is 1. The van der Waals surface area contributed by atoms with Gasteiger partial charge in [0.2, 0.25) is 0 Å². The highest BCUT2D eigenvalue weighted by Crippen LogP contribution is 2.21. The molecule has 24 heavy (non-hydrogen) atoms. The van der Waals surface area contributed by atoms with Crippen LogP contribution in [0.2, 0.25) is 0 Å². The maximum atomic E-state index is 12.4. The zero-order valence-electron chi connectivity index (χ0n) is 15.9. The van der Waals surface area contributed by atoms with Crippen LogP contribution in [0.5, 0.6) is 0 Å². The highest BCUT2D eigenvalue weighted by Gasteiger charge is 2.30. The zero-order chi connectivity index (χ0) is 18.3. The van der Waals surface area contributed by atoms with Gasteiger partial charge in [-0.05, 0) is 40.0 Å². The Balaban J connectivity index is 2.63. The van der Waals surface area contributed by atoms with Gasteiger partial charge in [0.15, 0.2) is 0 Å². The molecule has 1 amide bonds. The predicted octanol–water partition coefficient (Wildman–Crippen LogP) is 3.28. The fourth-order valence-electron chi connectivity index (χ4n) is 2.50. The van der Waals surface area contributed by atoms with Gasteiger partial charge in [-0.1, -0.05) is 20.3 Å². The second-order valence-corrected chi connectivity index (χ2v) is 7.94. The van der Waals surface area contributed by atoms with Crippen molar-refractivity contribution in [3.8, 4) is 0 Å².